The molecule has 0 aromatic carbocycles. The normalized spacial score (nSPS) is 16.3. The zero-order chi connectivity index (χ0) is 15.1. The SMILES string of the molecule is CSCCc1nc(CN2CCCCCC2=O)n(CCO)n1. The van der Waals surface area contributed by atoms with E-state index in [0.29, 0.717) is 19.5 Å². The molecule has 0 spiro atoms. The molecule has 21 heavy (non-hydrogen) atoms. The van der Waals surface area contributed by atoms with Crippen LogP contribution in [0.5, 0.6) is 0 Å². The van der Waals surface area contributed by atoms with Gasteiger partial charge in [-0.15, -0.1) is 0 Å². The van der Waals surface area contributed by atoms with Gasteiger partial charge in [-0.1, -0.05) is 6.42 Å². The molecule has 0 radical (unpaired) electrons. The Balaban J connectivity index is 2.08. The number of hydrogen-bond donors (Lipinski definition) is 1. The number of likely N-dealkylation sites (tertiary alicyclic amines) is 1. The van der Waals surface area contributed by atoms with E-state index in [1.807, 2.05) is 4.90 Å². The number of amides is 1. The summed E-state index contributed by atoms with van der Waals surface area (Å²) in [6, 6.07) is 0. The number of thioether (sulfide) groups is 1. The molecule has 7 heteroatoms. The largest absolute Gasteiger partial charge is 0.394 e. The molecule has 0 bridgehead atoms. The standard InChI is InChI=1S/C14H24N4O2S/c1-21-10-6-12-15-13(18(16-12)8-9-19)11-17-7-4-2-3-5-14(17)20/h19H,2-11H2,1H3. The minimum Gasteiger partial charge on any atom is -0.394 e. The first-order valence-corrected chi connectivity index (χ1v) is 8.94. The van der Waals surface area contributed by atoms with E-state index in [9.17, 15) is 4.79 Å². The second-order valence-corrected chi connectivity index (χ2v) is 6.25. The van der Waals surface area contributed by atoms with Crippen molar-refractivity contribution in [2.75, 3.05) is 25.2 Å². The summed E-state index contributed by atoms with van der Waals surface area (Å²) in [6.07, 6.45) is 6.66. The second kappa shape index (κ2) is 8.38. The average Bonchev–Trinajstić information content (AvgIpc) is 2.73. The number of aliphatic hydroxyl groups is 1. The third-order valence-corrected chi connectivity index (χ3v) is 4.25. The molecule has 1 aromatic heterocycles. The molecule has 0 unspecified atom stereocenters. The Morgan fingerprint density at radius 3 is 2.95 bits per heavy atom. The van der Waals surface area contributed by atoms with Gasteiger partial charge in [-0.05, 0) is 19.1 Å². The molecular formula is C14H24N4O2S. The highest BCUT2D eigenvalue weighted by Gasteiger charge is 2.20. The lowest BCUT2D eigenvalue weighted by atomic mass is 10.2. The van der Waals surface area contributed by atoms with Crippen LogP contribution >= 0.6 is 11.8 Å². The van der Waals surface area contributed by atoms with Crippen LogP contribution in [0.1, 0.15) is 37.3 Å². The topological polar surface area (TPSA) is 71.2 Å². The molecule has 2 rings (SSSR count). The number of aryl methyl sites for hydroxylation is 1. The van der Waals surface area contributed by atoms with Crippen LogP contribution in [0, 0.1) is 0 Å². The summed E-state index contributed by atoms with van der Waals surface area (Å²) in [5.41, 5.74) is 0. The van der Waals surface area contributed by atoms with Crippen molar-refractivity contribution in [2.45, 2.75) is 45.2 Å². The highest BCUT2D eigenvalue weighted by Crippen LogP contribution is 2.14. The summed E-state index contributed by atoms with van der Waals surface area (Å²) < 4.78 is 1.74. The van der Waals surface area contributed by atoms with Crippen LogP contribution in [0.3, 0.4) is 0 Å². The van der Waals surface area contributed by atoms with E-state index in [4.69, 9.17) is 5.11 Å². The first-order valence-electron chi connectivity index (χ1n) is 7.54. The number of rotatable bonds is 7. The number of aromatic nitrogens is 3. The average molecular weight is 312 g/mol. The van der Waals surface area contributed by atoms with Crippen molar-refractivity contribution in [2.24, 2.45) is 0 Å². The van der Waals surface area contributed by atoms with Gasteiger partial charge in [0.1, 0.15) is 5.82 Å². The van der Waals surface area contributed by atoms with Crippen LogP contribution in [0.4, 0.5) is 0 Å². The minimum absolute atomic E-state index is 0.0340. The molecule has 1 amide bonds. The molecule has 1 aliphatic rings. The van der Waals surface area contributed by atoms with Gasteiger partial charge in [0.25, 0.3) is 0 Å². The van der Waals surface area contributed by atoms with Crippen molar-refractivity contribution >= 4 is 17.7 Å². The van der Waals surface area contributed by atoms with Crippen molar-refractivity contribution in [3.8, 4) is 0 Å². The van der Waals surface area contributed by atoms with E-state index in [1.165, 1.54) is 0 Å². The van der Waals surface area contributed by atoms with Crippen molar-refractivity contribution in [1.82, 2.24) is 19.7 Å². The number of carbonyl (C=O) groups is 1. The number of nitrogens with zero attached hydrogens (tertiary/aromatic N) is 4. The first kappa shape index (κ1) is 16.3. The number of aliphatic hydroxyl groups excluding tert-OH is 1. The van der Waals surface area contributed by atoms with Gasteiger partial charge in [0.15, 0.2) is 5.82 Å². The first-order chi connectivity index (χ1) is 10.2. The van der Waals surface area contributed by atoms with Crippen LogP contribution in [0.15, 0.2) is 0 Å². The van der Waals surface area contributed by atoms with Crippen molar-refractivity contribution in [3.63, 3.8) is 0 Å². The van der Waals surface area contributed by atoms with Gasteiger partial charge in [-0.25, -0.2) is 9.67 Å². The Morgan fingerprint density at radius 2 is 2.19 bits per heavy atom. The van der Waals surface area contributed by atoms with Gasteiger partial charge in [0, 0.05) is 25.1 Å². The van der Waals surface area contributed by atoms with Gasteiger partial charge < -0.3 is 10.0 Å². The van der Waals surface area contributed by atoms with Crippen molar-refractivity contribution < 1.29 is 9.90 Å². The smallest absolute Gasteiger partial charge is 0.222 e. The van der Waals surface area contributed by atoms with Crippen LogP contribution < -0.4 is 0 Å². The third-order valence-electron chi connectivity index (χ3n) is 3.64. The molecule has 1 N–H and O–H groups in total. The van der Waals surface area contributed by atoms with Crippen molar-refractivity contribution in [1.29, 1.82) is 0 Å². The van der Waals surface area contributed by atoms with Gasteiger partial charge in [0.2, 0.25) is 5.91 Å². The Bertz CT molecular complexity index is 464. The maximum absolute atomic E-state index is 12.1. The Hall–Kier alpha value is -1.08. The predicted octanol–water partition coefficient (Wildman–Crippen LogP) is 1.08. The van der Waals surface area contributed by atoms with Crippen LogP contribution in [-0.4, -0.2) is 55.8 Å². The lowest BCUT2D eigenvalue weighted by Gasteiger charge is -2.19. The fourth-order valence-electron chi connectivity index (χ4n) is 2.49. The zero-order valence-electron chi connectivity index (χ0n) is 12.6. The molecule has 118 valence electrons. The second-order valence-electron chi connectivity index (χ2n) is 5.26. The zero-order valence-corrected chi connectivity index (χ0v) is 13.4. The highest BCUT2D eigenvalue weighted by atomic mass is 32.2. The predicted molar refractivity (Wildman–Crippen MR) is 83.1 cm³/mol. The summed E-state index contributed by atoms with van der Waals surface area (Å²) in [4.78, 5) is 18.5. The maximum atomic E-state index is 12.1. The van der Waals surface area contributed by atoms with Gasteiger partial charge >= 0.3 is 0 Å². The molecule has 1 aromatic rings. The molecular weight excluding hydrogens is 288 g/mol. The van der Waals surface area contributed by atoms with E-state index in [1.54, 1.807) is 16.4 Å². The fourth-order valence-corrected chi connectivity index (χ4v) is 2.88. The summed E-state index contributed by atoms with van der Waals surface area (Å²) in [5, 5.41) is 13.6. The van der Waals surface area contributed by atoms with Crippen molar-refractivity contribution in [3.05, 3.63) is 11.6 Å². The molecule has 1 aliphatic heterocycles. The van der Waals surface area contributed by atoms with E-state index in [2.05, 4.69) is 16.3 Å². The van der Waals surface area contributed by atoms with Crippen LogP contribution in [0.25, 0.3) is 0 Å². The fraction of sp³-hybridized carbons (Fsp3) is 0.786. The number of carbonyl (C=O) groups excluding carboxylic acids is 1. The van der Waals surface area contributed by atoms with Crippen LogP contribution in [0.2, 0.25) is 0 Å². The molecule has 2 heterocycles. The Labute approximate surface area is 129 Å². The quantitative estimate of drug-likeness (QED) is 0.816. The summed E-state index contributed by atoms with van der Waals surface area (Å²) >= 11 is 1.76. The van der Waals surface area contributed by atoms with Gasteiger partial charge in [-0.2, -0.15) is 16.9 Å². The third kappa shape index (κ3) is 4.71. The lowest BCUT2D eigenvalue weighted by molar-refractivity contribution is -0.131. The van der Waals surface area contributed by atoms with Gasteiger partial charge in [0.05, 0.1) is 19.7 Å². The molecule has 0 saturated carbocycles. The molecule has 0 atom stereocenters. The highest BCUT2D eigenvalue weighted by molar-refractivity contribution is 7.98. The Kier molecular flexibility index (Phi) is 6.50. The number of hydrogen-bond acceptors (Lipinski definition) is 5. The van der Waals surface area contributed by atoms with Gasteiger partial charge in [-0.3, -0.25) is 4.79 Å². The minimum atomic E-state index is 0.0340. The molecule has 0 aliphatic carbocycles. The molecule has 1 saturated heterocycles. The van der Waals surface area contributed by atoms with E-state index in [-0.39, 0.29) is 12.5 Å². The summed E-state index contributed by atoms with van der Waals surface area (Å²) in [7, 11) is 0. The lowest BCUT2D eigenvalue weighted by Crippen LogP contribution is -2.31. The van der Waals surface area contributed by atoms with E-state index < -0.39 is 0 Å². The van der Waals surface area contributed by atoms with E-state index >= 15 is 0 Å². The monoisotopic (exact) mass is 312 g/mol. The molecule has 6 nitrogen and oxygen atoms in total. The van der Waals surface area contributed by atoms with E-state index in [0.717, 1.165) is 49.6 Å². The Morgan fingerprint density at radius 1 is 1.33 bits per heavy atom. The van der Waals surface area contributed by atoms with Crippen LogP contribution in [-0.2, 0) is 24.3 Å². The summed E-state index contributed by atoms with van der Waals surface area (Å²) in [6.45, 7) is 1.77. The summed E-state index contributed by atoms with van der Waals surface area (Å²) in [5.74, 6) is 2.77. The maximum Gasteiger partial charge on any atom is 0.222 e. The molecule has 1 fully saturated rings.